The van der Waals surface area contributed by atoms with Gasteiger partial charge in [0.15, 0.2) is 18.0 Å². The van der Waals surface area contributed by atoms with Gasteiger partial charge in [0.05, 0.1) is 5.56 Å². The van der Waals surface area contributed by atoms with Gasteiger partial charge in [0.1, 0.15) is 18.1 Å². The molecule has 0 radical (unpaired) electrons. The summed E-state index contributed by atoms with van der Waals surface area (Å²) in [5.41, 5.74) is 1.47. The first-order valence-electron chi connectivity index (χ1n) is 8.32. The largest absolute Gasteiger partial charge is 0.507 e. The number of fused-ring (bicyclic) bond motifs is 1. The molecule has 144 valence electrons. The molecule has 0 saturated heterocycles. The van der Waals surface area contributed by atoms with Crippen molar-refractivity contribution in [2.75, 3.05) is 6.61 Å². The highest BCUT2D eigenvalue weighted by atomic mass is 16.6. The van der Waals surface area contributed by atoms with E-state index in [1.54, 1.807) is 6.92 Å². The number of phenolic OH excluding ortho intramolecular Hbond substituents is 1. The van der Waals surface area contributed by atoms with E-state index in [1.807, 2.05) is 0 Å². The second-order valence-electron chi connectivity index (χ2n) is 6.36. The first kappa shape index (κ1) is 20.2. The molecule has 1 aliphatic heterocycles. The Morgan fingerprint density at radius 2 is 1.89 bits per heavy atom. The predicted molar refractivity (Wildman–Crippen MR) is 96.6 cm³/mol. The average molecular weight is 374 g/mol. The Kier molecular flexibility index (Phi) is 6.05. The Morgan fingerprint density at radius 1 is 1.22 bits per heavy atom. The molecule has 0 amide bonds. The Balaban J connectivity index is 2.30. The Bertz CT molecular complexity index is 835. The second-order valence-corrected chi connectivity index (χ2v) is 6.36. The quantitative estimate of drug-likeness (QED) is 0.354. The summed E-state index contributed by atoms with van der Waals surface area (Å²) >= 11 is 0. The van der Waals surface area contributed by atoms with Crippen LogP contribution in [0, 0.1) is 0 Å². The average Bonchev–Trinajstić information content (AvgIpc) is 2.91. The van der Waals surface area contributed by atoms with Crippen molar-refractivity contribution in [1.82, 2.24) is 0 Å². The number of ether oxygens (including phenoxy) is 3. The molecule has 0 spiro atoms. The fourth-order valence-corrected chi connectivity index (χ4v) is 2.61. The second kappa shape index (κ2) is 8.07. The van der Waals surface area contributed by atoms with E-state index in [0.717, 1.165) is 0 Å². The zero-order valence-electron chi connectivity index (χ0n) is 15.7. The molecule has 2 rings (SSSR count). The third-order valence-corrected chi connectivity index (χ3v) is 4.06. The minimum Gasteiger partial charge on any atom is -0.507 e. The van der Waals surface area contributed by atoms with Crippen LogP contribution in [0.15, 0.2) is 35.9 Å². The van der Waals surface area contributed by atoms with Crippen LogP contribution in [-0.2, 0) is 19.1 Å². The molecular weight excluding hydrogens is 352 g/mol. The molecule has 7 heteroatoms. The van der Waals surface area contributed by atoms with Crippen LogP contribution in [0.2, 0.25) is 0 Å². The molecule has 0 fully saturated rings. The Morgan fingerprint density at radius 3 is 2.44 bits per heavy atom. The third kappa shape index (κ3) is 4.55. The number of hydrogen-bond acceptors (Lipinski definition) is 7. The third-order valence-electron chi connectivity index (χ3n) is 4.06. The maximum Gasteiger partial charge on any atom is 0.334 e. The van der Waals surface area contributed by atoms with Gasteiger partial charge in [-0.15, -0.1) is 0 Å². The smallest absolute Gasteiger partial charge is 0.334 e. The summed E-state index contributed by atoms with van der Waals surface area (Å²) < 4.78 is 16.1. The van der Waals surface area contributed by atoms with Crippen LogP contribution in [0.5, 0.6) is 11.5 Å². The number of aromatic hydroxyl groups is 1. The number of benzene rings is 1. The molecule has 2 atom stereocenters. The van der Waals surface area contributed by atoms with Crippen LogP contribution in [0.25, 0.3) is 0 Å². The van der Waals surface area contributed by atoms with Gasteiger partial charge in [0.25, 0.3) is 0 Å². The van der Waals surface area contributed by atoms with E-state index in [9.17, 15) is 19.5 Å². The van der Waals surface area contributed by atoms with E-state index < -0.39 is 24.1 Å². The normalized spacial score (nSPS) is 18.3. The molecule has 1 heterocycles. The van der Waals surface area contributed by atoms with Crippen molar-refractivity contribution in [3.8, 4) is 11.5 Å². The number of carbonyl (C=O) groups excluding carboxylic acids is 3. The van der Waals surface area contributed by atoms with Crippen molar-refractivity contribution < 1.29 is 33.7 Å². The summed E-state index contributed by atoms with van der Waals surface area (Å²) in [5.74, 6) is -1.27. The summed E-state index contributed by atoms with van der Waals surface area (Å²) in [6.07, 6.45) is -0.0266. The highest BCUT2D eigenvalue weighted by molar-refractivity contribution is 5.97. The van der Waals surface area contributed by atoms with Gasteiger partial charge in [-0.2, -0.15) is 0 Å². The molecule has 0 unspecified atom stereocenters. The number of phenols is 1. The molecule has 0 bridgehead atoms. The van der Waals surface area contributed by atoms with E-state index in [2.05, 4.69) is 6.58 Å². The van der Waals surface area contributed by atoms with E-state index in [-0.39, 0.29) is 29.3 Å². The summed E-state index contributed by atoms with van der Waals surface area (Å²) in [6.45, 7) is 9.68. The molecule has 1 aliphatic rings. The lowest BCUT2D eigenvalue weighted by Gasteiger charge is -2.20. The van der Waals surface area contributed by atoms with E-state index >= 15 is 0 Å². The zero-order chi connectivity index (χ0) is 20.3. The van der Waals surface area contributed by atoms with E-state index in [4.69, 9.17) is 14.2 Å². The van der Waals surface area contributed by atoms with Gasteiger partial charge in [0, 0.05) is 24.1 Å². The number of hydrogen-bond donors (Lipinski definition) is 1. The molecule has 0 saturated carbocycles. The minimum absolute atomic E-state index is 0.0414. The van der Waals surface area contributed by atoms with Gasteiger partial charge in [-0.3, -0.25) is 9.59 Å². The van der Waals surface area contributed by atoms with Gasteiger partial charge >= 0.3 is 11.9 Å². The van der Waals surface area contributed by atoms with Crippen LogP contribution in [0.3, 0.4) is 0 Å². The fourth-order valence-electron chi connectivity index (χ4n) is 2.61. The van der Waals surface area contributed by atoms with Crippen molar-refractivity contribution >= 4 is 17.7 Å². The van der Waals surface area contributed by atoms with Gasteiger partial charge in [-0.1, -0.05) is 6.58 Å². The lowest BCUT2D eigenvalue weighted by Crippen LogP contribution is -2.24. The van der Waals surface area contributed by atoms with Gasteiger partial charge in [-0.25, -0.2) is 4.79 Å². The number of esters is 2. The summed E-state index contributed by atoms with van der Waals surface area (Å²) in [7, 11) is 0. The number of rotatable bonds is 6. The molecule has 0 aromatic heterocycles. The van der Waals surface area contributed by atoms with Crippen molar-refractivity contribution in [3.63, 3.8) is 0 Å². The number of Topliss-reactive ketones (excluding diaryl/α,β-unsaturated/α-hetero) is 1. The summed E-state index contributed by atoms with van der Waals surface area (Å²) in [5, 5.41) is 9.99. The van der Waals surface area contributed by atoms with E-state index in [0.29, 0.717) is 16.9 Å². The topological polar surface area (TPSA) is 99.1 Å². The minimum atomic E-state index is -0.819. The molecule has 27 heavy (non-hydrogen) atoms. The molecular formula is C20H22O7. The summed E-state index contributed by atoms with van der Waals surface area (Å²) in [6, 6.07) is 2.80. The monoisotopic (exact) mass is 374 g/mol. The van der Waals surface area contributed by atoms with Crippen molar-refractivity contribution in [1.29, 1.82) is 0 Å². The van der Waals surface area contributed by atoms with Crippen LogP contribution in [-0.4, -0.2) is 35.5 Å². The lowest BCUT2D eigenvalue weighted by molar-refractivity contribution is -0.147. The van der Waals surface area contributed by atoms with Crippen molar-refractivity contribution in [2.45, 2.75) is 39.9 Å². The predicted octanol–water partition coefficient (Wildman–Crippen LogP) is 3.03. The highest BCUT2D eigenvalue weighted by Crippen LogP contribution is 2.44. The lowest BCUT2D eigenvalue weighted by atomic mass is 9.98. The first-order chi connectivity index (χ1) is 12.6. The van der Waals surface area contributed by atoms with Crippen LogP contribution in [0.1, 0.15) is 49.7 Å². The van der Waals surface area contributed by atoms with Crippen LogP contribution >= 0.6 is 0 Å². The molecule has 1 N–H and O–H groups in total. The number of ketones is 1. The molecule has 1 aromatic rings. The highest BCUT2D eigenvalue weighted by Gasteiger charge is 2.39. The molecule has 0 aliphatic carbocycles. The Hall–Kier alpha value is -3.09. The van der Waals surface area contributed by atoms with Gasteiger partial charge in [0.2, 0.25) is 0 Å². The SMILES string of the molecule is C=C(C)[C@@H]1Oc2cc(O)c(C(C)=O)cc2[C@@H]1OC(=O)C(C)=CCOC(C)=O. The van der Waals surface area contributed by atoms with Crippen molar-refractivity contribution in [3.05, 3.63) is 47.1 Å². The molecule has 7 nitrogen and oxygen atoms in total. The fraction of sp³-hybridized carbons (Fsp3) is 0.350. The zero-order valence-corrected chi connectivity index (χ0v) is 15.7. The van der Waals surface area contributed by atoms with Crippen molar-refractivity contribution in [2.24, 2.45) is 0 Å². The standard InChI is InChI=1S/C20H22O7/c1-10(2)18-19(27-20(24)11(3)6-7-25-13(5)22)15-8-14(12(4)21)16(23)9-17(15)26-18/h6,8-9,18-19,23H,1,7H2,2-5H3/t18-,19-/m0/s1. The maximum atomic E-state index is 12.4. The van der Waals surface area contributed by atoms with E-state index in [1.165, 1.54) is 39.0 Å². The molecule has 1 aromatic carbocycles. The number of carbonyl (C=O) groups is 3. The summed E-state index contributed by atoms with van der Waals surface area (Å²) in [4.78, 5) is 34.9. The van der Waals surface area contributed by atoms with Gasteiger partial charge in [-0.05, 0) is 38.5 Å². The first-order valence-corrected chi connectivity index (χ1v) is 8.32. The van der Waals surface area contributed by atoms with Gasteiger partial charge < -0.3 is 19.3 Å². The van der Waals surface area contributed by atoms with Crippen LogP contribution < -0.4 is 4.74 Å². The van der Waals surface area contributed by atoms with Crippen LogP contribution in [0.4, 0.5) is 0 Å². The Labute approximate surface area is 157 Å². The maximum absolute atomic E-state index is 12.4.